The number of aromatic nitrogens is 3. The molecule has 2 atom stereocenters. The number of nitrogens with zero attached hydrogens (tertiary/aromatic N) is 5. The Hall–Kier alpha value is -3.78. The van der Waals surface area contributed by atoms with Crippen molar-refractivity contribution >= 4 is 51.9 Å². The minimum absolute atomic E-state index is 0.0409. The molecule has 2 aromatic heterocycles. The topological polar surface area (TPSA) is 167 Å². The fraction of sp³-hybridized carbons (Fsp3) is 0.250. The van der Waals surface area contributed by atoms with Crippen LogP contribution in [-0.2, 0) is 25.8 Å². The number of carboxylic acid groups (broad SMARTS) is 1. The van der Waals surface area contributed by atoms with Crippen LogP contribution in [0.15, 0.2) is 59.2 Å². The summed E-state index contributed by atoms with van der Waals surface area (Å²) in [6, 6.07) is 4.70. The number of nitrogen functional groups attached to an aromatic ring is 1. The molecule has 2 aromatic rings. The van der Waals surface area contributed by atoms with E-state index in [2.05, 4.69) is 19.8 Å². The molecule has 4 heterocycles. The van der Waals surface area contributed by atoms with Gasteiger partial charge in [0.1, 0.15) is 18.5 Å². The molecular weight excluding hydrogens is 482 g/mol. The number of allylic oxidation sites excluding steroid dienone is 2. The number of rotatable bonds is 8. The maximum Gasteiger partial charge on any atom is 0.278 e. The van der Waals surface area contributed by atoms with Gasteiger partial charge in [0.05, 0.1) is 11.7 Å². The van der Waals surface area contributed by atoms with Crippen LogP contribution in [0.2, 0.25) is 0 Å². The number of hydrogen-bond acceptors (Lipinski definition) is 11. The molecule has 14 heteroatoms. The largest absolute Gasteiger partial charge is 0.543 e. The van der Waals surface area contributed by atoms with Crippen molar-refractivity contribution in [3.8, 4) is 0 Å². The molecule has 34 heavy (non-hydrogen) atoms. The van der Waals surface area contributed by atoms with Gasteiger partial charge in [-0.05, 0) is 11.6 Å². The molecule has 2 aliphatic rings. The van der Waals surface area contributed by atoms with Gasteiger partial charge in [-0.2, -0.15) is 9.36 Å². The molecule has 1 saturated heterocycles. The minimum atomic E-state index is -1.46. The zero-order valence-corrected chi connectivity index (χ0v) is 19.4. The van der Waals surface area contributed by atoms with Gasteiger partial charge in [0, 0.05) is 29.4 Å². The highest BCUT2D eigenvalue weighted by Crippen LogP contribution is 2.40. The summed E-state index contributed by atoms with van der Waals surface area (Å²) in [5.41, 5.74) is 5.57. The number of fused-ring (bicyclic) bond motifs is 1. The summed E-state index contributed by atoms with van der Waals surface area (Å²) in [5, 5.41) is 17.6. The van der Waals surface area contributed by atoms with Gasteiger partial charge in [-0.15, -0.1) is 11.8 Å². The second-order valence-electron chi connectivity index (χ2n) is 7.08. The molecular formula is C20H19N7O5S2. The van der Waals surface area contributed by atoms with Crippen LogP contribution in [0.4, 0.5) is 5.13 Å². The van der Waals surface area contributed by atoms with Gasteiger partial charge >= 0.3 is 0 Å². The number of carboxylic acids is 1. The summed E-state index contributed by atoms with van der Waals surface area (Å²) in [5.74, 6) is -2.50. The molecule has 1 fully saturated rings. The molecule has 0 bridgehead atoms. The molecule has 0 saturated carbocycles. The van der Waals surface area contributed by atoms with Gasteiger partial charge in [0.15, 0.2) is 24.1 Å². The third-order valence-corrected chi connectivity index (χ3v) is 6.79. The van der Waals surface area contributed by atoms with Crippen LogP contribution in [0.3, 0.4) is 0 Å². The standard InChI is InChI=1S/C20H19N7O5S2/c1-32-24-12(15-23-20(21)34-25-15)16(28)22-13-17(29)27-14(19(30)31)11(10-33-18(13)27)6-5-9-26-7-3-2-4-8-26/h2-8,13,18H,9-10H2,1H3,(H3-,21,22,23,25,28,30,31)/b6-5+,24-12-/t13?,18-/m1/s1. The van der Waals surface area contributed by atoms with E-state index in [-0.39, 0.29) is 22.4 Å². The number of oxime groups is 1. The summed E-state index contributed by atoms with van der Waals surface area (Å²) < 4.78 is 5.85. The number of thioether (sulfide) groups is 1. The third kappa shape index (κ3) is 4.63. The van der Waals surface area contributed by atoms with Crippen LogP contribution in [0.1, 0.15) is 5.82 Å². The SMILES string of the molecule is CO/N=C(\C(=O)NC1C(=O)N2C(C(=O)[O-])=C(/C=C/C[n+]3ccccc3)CS[C@H]12)c1nsc(N)n1. The number of nitrogens with two attached hydrogens (primary N) is 1. The summed E-state index contributed by atoms with van der Waals surface area (Å²) in [6.45, 7) is 0.530. The van der Waals surface area contributed by atoms with Crippen molar-refractivity contribution in [1.82, 2.24) is 19.6 Å². The predicted molar refractivity (Wildman–Crippen MR) is 121 cm³/mol. The Labute approximate surface area is 202 Å². The summed E-state index contributed by atoms with van der Waals surface area (Å²) in [4.78, 5) is 47.2. The Morgan fingerprint density at radius 2 is 2.18 bits per heavy atom. The van der Waals surface area contributed by atoms with Crippen LogP contribution in [0, 0.1) is 0 Å². The zero-order chi connectivity index (χ0) is 24.2. The first-order valence-corrected chi connectivity index (χ1v) is 11.7. The lowest BCUT2D eigenvalue weighted by Gasteiger charge is -2.50. The van der Waals surface area contributed by atoms with Gasteiger partial charge in [-0.25, -0.2) is 4.57 Å². The van der Waals surface area contributed by atoms with E-state index in [1.807, 2.05) is 41.2 Å². The minimum Gasteiger partial charge on any atom is -0.543 e. The van der Waals surface area contributed by atoms with E-state index in [9.17, 15) is 19.5 Å². The van der Waals surface area contributed by atoms with E-state index in [0.29, 0.717) is 17.9 Å². The van der Waals surface area contributed by atoms with Crippen LogP contribution >= 0.6 is 23.3 Å². The Kier molecular flexibility index (Phi) is 6.88. The number of carbonyl (C=O) groups is 3. The number of β-lactam (4-membered cyclic amide) rings is 1. The van der Waals surface area contributed by atoms with Crippen LogP contribution < -0.4 is 20.7 Å². The monoisotopic (exact) mass is 501 g/mol. The third-order valence-electron chi connectivity index (χ3n) is 4.94. The lowest BCUT2D eigenvalue weighted by atomic mass is 10.0. The highest BCUT2D eigenvalue weighted by Gasteiger charge is 2.53. The Bertz CT molecular complexity index is 1210. The first-order chi connectivity index (χ1) is 16.4. The van der Waals surface area contributed by atoms with Gasteiger partial charge < -0.3 is 25.8 Å². The first kappa shape index (κ1) is 23.4. The normalized spacial score (nSPS) is 20.2. The van der Waals surface area contributed by atoms with Crippen molar-refractivity contribution in [3.63, 3.8) is 0 Å². The maximum absolute atomic E-state index is 12.8. The van der Waals surface area contributed by atoms with Crippen LogP contribution in [0.25, 0.3) is 0 Å². The second kappa shape index (κ2) is 10.0. The van der Waals surface area contributed by atoms with Crippen molar-refractivity contribution in [1.29, 1.82) is 0 Å². The fourth-order valence-electron chi connectivity index (χ4n) is 3.45. The molecule has 4 rings (SSSR count). The lowest BCUT2D eigenvalue weighted by Crippen LogP contribution is -2.71. The number of nitrogens with one attached hydrogen (secondary N) is 1. The number of pyridine rings is 1. The lowest BCUT2D eigenvalue weighted by molar-refractivity contribution is -0.687. The number of anilines is 1. The molecule has 0 spiro atoms. The molecule has 3 N–H and O–H groups in total. The Morgan fingerprint density at radius 1 is 1.41 bits per heavy atom. The molecule has 0 radical (unpaired) electrons. The Balaban J connectivity index is 1.49. The number of hydrogen-bond donors (Lipinski definition) is 2. The molecule has 0 aliphatic carbocycles. The van der Waals surface area contributed by atoms with Crippen molar-refractivity contribution in [2.45, 2.75) is 18.0 Å². The summed E-state index contributed by atoms with van der Waals surface area (Å²) in [6.07, 6.45) is 7.25. The van der Waals surface area contributed by atoms with E-state index in [1.165, 1.54) is 18.9 Å². The van der Waals surface area contributed by atoms with Crippen LogP contribution in [-0.4, -0.2) is 62.0 Å². The van der Waals surface area contributed by atoms with Gasteiger partial charge in [-0.3, -0.25) is 14.5 Å². The molecule has 1 unspecified atom stereocenters. The highest BCUT2D eigenvalue weighted by molar-refractivity contribution is 8.00. The highest BCUT2D eigenvalue weighted by atomic mass is 32.2. The smallest absolute Gasteiger partial charge is 0.278 e. The van der Waals surface area contributed by atoms with Crippen molar-refractivity contribution < 1.29 is 28.9 Å². The quantitative estimate of drug-likeness (QED) is 0.188. The van der Waals surface area contributed by atoms with Crippen molar-refractivity contribution in [2.75, 3.05) is 18.6 Å². The zero-order valence-electron chi connectivity index (χ0n) is 17.8. The van der Waals surface area contributed by atoms with E-state index in [4.69, 9.17) is 10.6 Å². The summed E-state index contributed by atoms with van der Waals surface area (Å²) >= 11 is 2.21. The van der Waals surface area contributed by atoms with Crippen molar-refractivity contribution in [3.05, 3.63) is 59.8 Å². The van der Waals surface area contributed by atoms with E-state index in [1.54, 1.807) is 6.08 Å². The fourth-order valence-corrected chi connectivity index (χ4v) is 5.20. The average molecular weight is 502 g/mol. The molecule has 176 valence electrons. The molecule has 12 nitrogen and oxygen atoms in total. The number of carbonyl (C=O) groups excluding carboxylic acids is 3. The van der Waals surface area contributed by atoms with E-state index >= 15 is 0 Å². The van der Waals surface area contributed by atoms with Gasteiger partial charge in [-0.1, -0.05) is 17.3 Å². The number of aliphatic carboxylic acids is 1. The van der Waals surface area contributed by atoms with Gasteiger partial charge in [0.2, 0.25) is 11.5 Å². The second-order valence-corrected chi connectivity index (χ2v) is 8.96. The molecule has 2 aliphatic heterocycles. The molecule has 2 amide bonds. The van der Waals surface area contributed by atoms with Crippen LogP contribution in [0.5, 0.6) is 0 Å². The predicted octanol–water partition coefficient (Wildman–Crippen LogP) is -1.58. The summed E-state index contributed by atoms with van der Waals surface area (Å²) in [7, 11) is 1.25. The Morgan fingerprint density at radius 3 is 2.82 bits per heavy atom. The van der Waals surface area contributed by atoms with E-state index in [0.717, 1.165) is 16.4 Å². The maximum atomic E-state index is 12.8. The number of amides is 2. The van der Waals surface area contributed by atoms with E-state index < -0.39 is 29.2 Å². The van der Waals surface area contributed by atoms with Gasteiger partial charge in [0.25, 0.3) is 11.8 Å². The first-order valence-electron chi connectivity index (χ1n) is 9.92. The molecule has 0 aromatic carbocycles. The average Bonchev–Trinajstić information content (AvgIpc) is 3.26. The van der Waals surface area contributed by atoms with Crippen molar-refractivity contribution in [2.24, 2.45) is 5.16 Å².